The van der Waals surface area contributed by atoms with Gasteiger partial charge in [-0.25, -0.2) is 0 Å². The zero-order valence-corrected chi connectivity index (χ0v) is 15.9. The first kappa shape index (κ1) is 18.2. The molecule has 1 aliphatic heterocycles. The van der Waals surface area contributed by atoms with Crippen LogP contribution in [0.5, 0.6) is 0 Å². The number of amidine groups is 1. The smallest absolute Gasteiger partial charge is 0.264 e. The molecule has 5 nitrogen and oxygen atoms in total. The number of rotatable bonds is 4. The van der Waals surface area contributed by atoms with E-state index in [1.54, 1.807) is 6.20 Å². The monoisotopic (exact) mass is 381 g/mol. The molecule has 1 amide bonds. The lowest BCUT2D eigenvalue weighted by atomic mass is 9.84. The summed E-state index contributed by atoms with van der Waals surface area (Å²) < 4.78 is 0. The minimum absolute atomic E-state index is 0.0291. The van der Waals surface area contributed by atoms with Crippen LogP contribution in [0.15, 0.2) is 46.4 Å². The Morgan fingerprint density at radius 3 is 2.96 bits per heavy atom. The number of carbonyl (C=O) groups is 1. The Morgan fingerprint density at radius 2 is 2.15 bits per heavy atom. The Labute approximate surface area is 163 Å². The van der Waals surface area contributed by atoms with Gasteiger partial charge in [-0.3, -0.25) is 14.8 Å². The average Bonchev–Trinajstić information content (AvgIpc) is 3.05. The van der Waals surface area contributed by atoms with E-state index >= 15 is 0 Å². The molecule has 0 bridgehead atoms. The fourth-order valence-electron chi connectivity index (χ4n) is 3.79. The van der Waals surface area contributed by atoms with Gasteiger partial charge in [-0.15, -0.1) is 0 Å². The summed E-state index contributed by atoms with van der Waals surface area (Å²) in [6, 6.07) is 9.73. The van der Waals surface area contributed by atoms with E-state index in [9.17, 15) is 9.90 Å². The number of aliphatic hydroxyl groups is 1. The van der Waals surface area contributed by atoms with Gasteiger partial charge in [-0.05, 0) is 60.4 Å². The molecule has 1 unspecified atom stereocenters. The van der Waals surface area contributed by atoms with E-state index in [0.717, 1.165) is 29.3 Å². The Balaban J connectivity index is 1.52. The second-order valence-electron chi connectivity index (χ2n) is 7.10. The number of aliphatic hydroxyl groups excluding tert-OH is 1. The molecule has 1 aromatic heterocycles. The fourth-order valence-corrected chi connectivity index (χ4v) is 4.67. The summed E-state index contributed by atoms with van der Waals surface area (Å²) in [6.45, 7) is 0.0291. The van der Waals surface area contributed by atoms with E-state index in [0.29, 0.717) is 16.0 Å². The SMILES string of the molecule is O=C1NC(=NC(CO)C2CCCCC2)S/C1=C\c1ccc2ncccc2c1. The standard InChI is InChI=1S/C21H23N3O2S/c25-13-18(15-5-2-1-3-6-15)23-21-24-20(26)19(27-21)12-14-8-9-17-16(11-14)7-4-10-22-17/h4,7-12,15,18,25H,1-3,5-6,13H2,(H,23,24,26)/b19-12-. The summed E-state index contributed by atoms with van der Waals surface area (Å²) in [5.74, 6) is 0.278. The summed E-state index contributed by atoms with van der Waals surface area (Å²) in [7, 11) is 0. The van der Waals surface area contributed by atoms with E-state index in [1.807, 2.05) is 36.4 Å². The molecule has 1 aliphatic carbocycles. The number of hydrogen-bond donors (Lipinski definition) is 2. The summed E-state index contributed by atoms with van der Waals surface area (Å²) in [6.07, 6.45) is 9.53. The van der Waals surface area contributed by atoms with Crippen molar-refractivity contribution in [3.05, 3.63) is 47.0 Å². The van der Waals surface area contributed by atoms with Crippen LogP contribution in [0.25, 0.3) is 17.0 Å². The third-order valence-electron chi connectivity index (χ3n) is 5.24. The quantitative estimate of drug-likeness (QED) is 0.791. The minimum Gasteiger partial charge on any atom is -0.394 e. The van der Waals surface area contributed by atoms with Gasteiger partial charge in [0.1, 0.15) is 0 Å². The van der Waals surface area contributed by atoms with Crippen LogP contribution in [-0.2, 0) is 4.79 Å². The molecule has 2 N–H and O–H groups in total. The molecule has 4 rings (SSSR count). The van der Waals surface area contributed by atoms with Gasteiger partial charge in [0.15, 0.2) is 5.17 Å². The number of pyridine rings is 1. The number of hydrogen-bond acceptors (Lipinski definition) is 5. The van der Waals surface area contributed by atoms with E-state index in [1.165, 1.54) is 31.0 Å². The number of fused-ring (bicyclic) bond motifs is 1. The van der Waals surface area contributed by atoms with Gasteiger partial charge in [0.2, 0.25) is 0 Å². The second-order valence-corrected chi connectivity index (χ2v) is 8.13. The minimum atomic E-state index is -0.134. The van der Waals surface area contributed by atoms with Crippen LogP contribution in [0.3, 0.4) is 0 Å². The van der Waals surface area contributed by atoms with Crippen molar-refractivity contribution in [3.63, 3.8) is 0 Å². The highest BCUT2D eigenvalue weighted by Crippen LogP contribution is 2.31. The molecule has 140 valence electrons. The first-order chi connectivity index (χ1) is 13.2. The van der Waals surface area contributed by atoms with Crippen molar-refractivity contribution in [2.24, 2.45) is 10.9 Å². The van der Waals surface area contributed by atoms with Gasteiger partial charge >= 0.3 is 0 Å². The molecule has 0 spiro atoms. The van der Waals surface area contributed by atoms with E-state index in [-0.39, 0.29) is 18.6 Å². The third-order valence-corrected chi connectivity index (χ3v) is 6.16. The summed E-state index contributed by atoms with van der Waals surface area (Å²) in [5, 5.41) is 14.2. The lowest BCUT2D eigenvalue weighted by Gasteiger charge is -2.26. The van der Waals surface area contributed by atoms with Crippen molar-refractivity contribution < 1.29 is 9.90 Å². The number of nitrogens with one attached hydrogen (secondary N) is 1. The van der Waals surface area contributed by atoms with Gasteiger partial charge < -0.3 is 10.4 Å². The number of carbonyl (C=O) groups excluding carboxylic acids is 1. The summed E-state index contributed by atoms with van der Waals surface area (Å²) in [5.41, 5.74) is 1.89. The highest BCUT2D eigenvalue weighted by molar-refractivity contribution is 8.18. The lowest BCUT2D eigenvalue weighted by Crippen LogP contribution is -2.28. The van der Waals surface area contributed by atoms with Crippen molar-refractivity contribution in [3.8, 4) is 0 Å². The van der Waals surface area contributed by atoms with Crippen LogP contribution < -0.4 is 5.32 Å². The number of thioether (sulfide) groups is 1. The predicted molar refractivity (Wildman–Crippen MR) is 110 cm³/mol. The molecule has 1 atom stereocenters. The molecule has 2 aromatic rings. The molecule has 2 aliphatic rings. The molecule has 2 fully saturated rings. The molecule has 6 heteroatoms. The zero-order chi connectivity index (χ0) is 18.6. The van der Waals surface area contributed by atoms with Gasteiger partial charge in [-0.1, -0.05) is 31.4 Å². The highest BCUT2D eigenvalue weighted by atomic mass is 32.2. The molecule has 0 radical (unpaired) electrons. The molecule has 27 heavy (non-hydrogen) atoms. The third kappa shape index (κ3) is 4.22. The van der Waals surface area contributed by atoms with E-state index < -0.39 is 0 Å². The number of aromatic nitrogens is 1. The lowest BCUT2D eigenvalue weighted by molar-refractivity contribution is -0.115. The topological polar surface area (TPSA) is 74.6 Å². The van der Waals surface area contributed by atoms with Crippen LogP contribution in [0.2, 0.25) is 0 Å². The Bertz CT molecular complexity index is 903. The molecule has 2 heterocycles. The molecule has 1 saturated carbocycles. The maximum absolute atomic E-state index is 12.3. The van der Waals surface area contributed by atoms with Crippen molar-refractivity contribution in [1.29, 1.82) is 0 Å². The van der Waals surface area contributed by atoms with Crippen molar-refractivity contribution in [2.75, 3.05) is 6.61 Å². The van der Waals surface area contributed by atoms with Crippen molar-refractivity contribution in [2.45, 2.75) is 38.1 Å². The van der Waals surface area contributed by atoms with Gasteiger partial charge in [0.05, 0.1) is 23.1 Å². The van der Waals surface area contributed by atoms with Crippen LogP contribution in [0.4, 0.5) is 0 Å². The number of aliphatic imine (C=N–C) groups is 1. The average molecular weight is 382 g/mol. The largest absolute Gasteiger partial charge is 0.394 e. The maximum Gasteiger partial charge on any atom is 0.264 e. The molecule has 1 saturated heterocycles. The first-order valence-corrected chi connectivity index (χ1v) is 10.3. The first-order valence-electron chi connectivity index (χ1n) is 9.47. The highest BCUT2D eigenvalue weighted by Gasteiger charge is 2.28. The number of nitrogens with zero attached hydrogens (tertiary/aromatic N) is 2. The number of benzene rings is 1. The maximum atomic E-state index is 12.3. The van der Waals surface area contributed by atoms with Crippen LogP contribution in [-0.4, -0.2) is 33.8 Å². The van der Waals surface area contributed by atoms with Crippen molar-refractivity contribution >= 4 is 39.8 Å². The van der Waals surface area contributed by atoms with Crippen LogP contribution >= 0.6 is 11.8 Å². The van der Waals surface area contributed by atoms with Crippen molar-refractivity contribution in [1.82, 2.24) is 10.3 Å². The van der Waals surface area contributed by atoms with E-state index in [2.05, 4.69) is 15.3 Å². The second kappa shape index (κ2) is 8.23. The zero-order valence-electron chi connectivity index (χ0n) is 15.1. The van der Waals surface area contributed by atoms with Gasteiger partial charge in [0, 0.05) is 11.6 Å². The fraction of sp³-hybridized carbons (Fsp3) is 0.381. The summed E-state index contributed by atoms with van der Waals surface area (Å²) in [4.78, 5) is 21.9. The molecule has 1 aromatic carbocycles. The Morgan fingerprint density at radius 1 is 1.30 bits per heavy atom. The molecular formula is C21H23N3O2S. The normalized spacial score (nSPS) is 22.5. The van der Waals surface area contributed by atoms with Crippen LogP contribution in [0.1, 0.15) is 37.7 Å². The molecular weight excluding hydrogens is 358 g/mol. The van der Waals surface area contributed by atoms with Gasteiger partial charge in [0.25, 0.3) is 5.91 Å². The van der Waals surface area contributed by atoms with Crippen LogP contribution in [0, 0.1) is 5.92 Å². The van der Waals surface area contributed by atoms with E-state index in [4.69, 9.17) is 0 Å². The van der Waals surface area contributed by atoms with Gasteiger partial charge in [-0.2, -0.15) is 0 Å². The Hall–Kier alpha value is -2.18. The Kier molecular flexibility index (Phi) is 5.55. The predicted octanol–water partition coefficient (Wildman–Crippen LogP) is 3.74. The summed E-state index contributed by atoms with van der Waals surface area (Å²) >= 11 is 1.35. The number of amides is 1.